The summed E-state index contributed by atoms with van der Waals surface area (Å²) in [6.45, 7) is 1.84. The van der Waals surface area contributed by atoms with Crippen LogP contribution < -0.4 is 10.3 Å². The van der Waals surface area contributed by atoms with Crippen LogP contribution >= 0.6 is 27.3 Å². The zero-order valence-corrected chi connectivity index (χ0v) is 19.3. The average Bonchev–Trinajstić information content (AvgIpc) is 3.35. The molecule has 4 aromatic rings. The second-order valence-electron chi connectivity index (χ2n) is 7.28. The third-order valence-corrected chi connectivity index (χ3v) is 6.74. The Balaban J connectivity index is 1.76. The van der Waals surface area contributed by atoms with E-state index < -0.39 is 17.9 Å². The predicted molar refractivity (Wildman–Crippen MR) is 123 cm³/mol. The zero-order valence-electron chi connectivity index (χ0n) is 16.9. The Bertz CT molecular complexity index is 1460. The molecule has 0 radical (unpaired) electrons. The summed E-state index contributed by atoms with van der Waals surface area (Å²) in [5, 5.41) is 2.68. The van der Waals surface area contributed by atoms with Crippen LogP contribution in [0.5, 0.6) is 0 Å². The van der Waals surface area contributed by atoms with Crippen LogP contribution in [0.1, 0.15) is 43.8 Å². The van der Waals surface area contributed by atoms with E-state index in [1.54, 1.807) is 42.5 Å². The molecular weight excluding hydrogens is 496 g/mol. The van der Waals surface area contributed by atoms with Gasteiger partial charge in [-0.15, -0.1) is 11.3 Å². The van der Waals surface area contributed by atoms with Crippen LogP contribution in [0.3, 0.4) is 0 Å². The minimum Gasteiger partial charge on any atom is -0.465 e. The maximum absolute atomic E-state index is 13.6. The molecule has 2 aromatic heterocycles. The Morgan fingerprint density at radius 1 is 1.19 bits per heavy atom. The lowest BCUT2D eigenvalue weighted by Crippen LogP contribution is -2.29. The molecule has 1 aliphatic heterocycles. The summed E-state index contributed by atoms with van der Waals surface area (Å²) in [6.07, 6.45) is 0. The van der Waals surface area contributed by atoms with E-state index in [1.807, 2.05) is 12.3 Å². The molecule has 160 valence electrons. The number of hydrogen-bond donors (Lipinski definition) is 0. The minimum atomic E-state index is -0.741. The van der Waals surface area contributed by atoms with Gasteiger partial charge in [0.25, 0.3) is 5.91 Å². The van der Waals surface area contributed by atoms with Gasteiger partial charge >= 0.3 is 5.97 Å². The Morgan fingerprint density at radius 3 is 2.59 bits per heavy atom. The summed E-state index contributed by atoms with van der Waals surface area (Å²) >= 11 is 4.70. The highest BCUT2D eigenvalue weighted by Gasteiger charge is 2.44. The summed E-state index contributed by atoms with van der Waals surface area (Å²) in [6, 6.07) is 11.0. The lowest BCUT2D eigenvalue weighted by Gasteiger charge is -2.22. The summed E-state index contributed by atoms with van der Waals surface area (Å²) in [5.41, 5.74) is 2.09. The fourth-order valence-corrected chi connectivity index (χ4v) is 5.02. The van der Waals surface area contributed by atoms with Crippen molar-refractivity contribution in [2.24, 2.45) is 0 Å². The van der Waals surface area contributed by atoms with E-state index in [0.29, 0.717) is 27.2 Å². The molecule has 0 N–H and O–H groups in total. The molecule has 0 saturated heterocycles. The molecular formula is C23H15BrN2O5S. The highest BCUT2D eigenvalue weighted by atomic mass is 79.9. The molecule has 0 bridgehead atoms. The molecule has 0 spiro atoms. The van der Waals surface area contributed by atoms with Crippen molar-refractivity contribution in [3.63, 3.8) is 0 Å². The molecule has 1 atom stereocenters. The van der Waals surface area contributed by atoms with Crippen molar-refractivity contribution < 1.29 is 18.7 Å². The summed E-state index contributed by atoms with van der Waals surface area (Å²) in [4.78, 5) is 44.8. The summed E-state index contributed by atoms with van der Waals surface area (Å²) < 4.78 is 11.4. The van der Waals surface area contributed by atoms with Crippen LogP contribution in [0.4, 0.5) is 5.13 Å². The fraction of sp³-hybridized carbons (Fsp3) is 0.130. The Hall–Kier alpha value is -3.30. The van der Waals surface area contributed by atoms with Crippen LogP contribution in [-0.4, -0.2) is 24.0 Å². The van der Waals surface area contributed by atoms with Gasteiger partial charge in [-0.25, -0.2) is 9.78 Å². The number of esters is 1. The number of hydrogen-bond acceptors (Lipinski definition) is 7. The average molecular weight is 511 g/mol. The van der Waals surface area contributed by atoms with E-state index >= 15 is 0 Å². The van der Waals surface area contributed by atoms with Crippen LogP contribution in [0.2, 0.25) is 0 Å². The van der Waals surface area contributed by atoms with Crippen LogP contribution in [0.25, 0.3) is 11.0 Å². The first kappa shape index (κ1) is 20.6. The molecule has 2 aromatic carbocycles. The molecule has 0 saturated carbocycles. The van der Waals surface area contributed by atoms with Crippen molar-refractivity contribution in [2.45, 2.75) is 13.0 Å². The van der Waals surface area contributed by atoms with Crippen molar-refractivity contribution in [1.29, 1.82) is 0 Å². The van der Waals surface area contributed by atoms with E-state index in [-0.39, 0.29) is 16.8 Å². The monoisotopic (exact) mass is 510 g/mol. The van der Waals surface area contributed by atoms with Crippen LogP contribution in [-0.2, 0) is 4.74 Å². The maximum Gasteiger partial charge on any atom is 0.337 e. The quantitative estimate of drug-likeness (QED) is 0.365. The van der Waals surface area contributed by atoms with Gasteiger partial charge in [-0.05, 0) is 42.8 Å². The van der Waals surface area contributed by atoms with E-state index in [9.17, 15) is 14.4 Å². The number of rotatable bonds is 3. The Labute approximate surface area is 194 Å². The van der Waals surface area contributed by atoms with Crippen molar-refractivity contribution in [1.82, 2.24) is 4.98 Å². The van der Waals surface area contributed by atoms with Gasteiger partial charge in [-0.3, -0.25) is 14.5 Å². The van der Waals surface area contributed by atoms with Gasteiger partial charge in [0.05, 0.1) is 35.4 Å². The molecule has 0 aliphatic carbocycles. The highest BCUT2D eigenvalue weighted by molar-refractivity contribution is 9.10. The number of aryl methyl sites for hydroxylation is 1. The topological polar surface area (TPSA) is 89.7 Å². The zero-order chi connectivity index (χ0) is 22.6. The second kappa shape index (κ2) is 7.68. The van der Waals surface area contributed by atoms with E-state index in [0.717, 1.165) is 10.2 Å². The van der Waals surface area contributed by atoms with Crippen molar-refractivity contribution in [3.8, 4) is 0 Å². The number of benzene rings is 2. The smallest absolute Gasteiger partial charge is 0.337 e. The van der Waals surface area contributed by atoms with E-state index in [1.165, 1.54) is 23.3 Å². The molecule has 1 aliphatic rings. The second-order valence-corrected chi connectivity index (χ2v) is 9.03. The molecule has 5 rings (SSSR count). The number of anilines is 1. The van der Waals surface area contributed by atoms with Crippen molar-refractivity contribution >= 4 is 55.2 Å². The molecule has 7 nitrogen and oxygen atoms in total. The Morgan fingerprint density at radius 2 is 1.94 bits per heavy atom. The highest BCUT2D eigenvalue weighted by Crippen LogP contribution is 2.42. The predicted octanol–water partition coefficient (Wildman–Crippen LogP) is 4.86. The first-order valence-corrected chi connectivity index (χ1v) is 11.3. The number of methoxy groups -OCH3 is 1. The molecule has 9 heteroatoms. The van der Waals surface area contributed by atoms with Crippen LogP contribution in [0.15, 0.2) is 61.5 Å². The number of fused-ring (bicyclic) bond motifs is 2. The number of ether oxygens (including phenoxy) is 1. The van der Waals surface area contributed by atoms with Gasteiger partial charge in [-0.2, -0.15) is 0 Å². The number of carbonyl (C=O) groups excluding carboxylic acids is 2. The number of nitrogens with zero attached hydrogens (tertiary/aromatic N) is 2. The lowest BCUT2D eigenvalue weighted by atomic mass is 9.98. The molecule has 3 heterocycles. The lowest BCUT2D eigenvalue weighted by molar-refractivity contribution is 0.0600. The van der Waals surface area contributed by atoms with Gasteiger partial charge in [-0.1, -0.05) is 28.1 Å². The molecule has 32 heavy (non-hydrogen) atoms. The normalized spacial score (nSPS) is 15.3. The molecule has 1 amide bonds. The summed E-state index contributed by atoms with van der Waals surface area (Å²) in [7, 11) is 1.31. The summed E-state index contributed by atoms with van der Waals surface area (Å²) in [5.74, 6) is -0.903. The van der Waals surface area contributed by atoms with Gasteiger partial charge in [0.2, 0.25) is 5.76 Å². The van der Waals surface area contributed by atoms with Crippen molar-refractivity contribution in [2.75, 3.05) is 12.0 Å². The Kier molecular flexibility index (Phi) is 4.94. The van der Waals surface area contributed by atoms with Crippen molar-refractivity contribution in [3.05, 3.63) is 90.7 Å². The van der Waals surface area contributed by atoms with Gasteiger partial charge in [0.15, 0.2) is 10.6 Å². The van der Waals surface area contributed by atoms with Crippen LogP contribution in [0, 0.1) is 6.92 Å². The fourth-order valence-electron chi connectivity index (χ4n) is 3.83. The number of thiazole rings is 1. The third kappa shape index (κ3) is 3.16. The van der Waals surface area contributed by atoms with Gasteiger partial charge < -0.3 is 9.15 Å². The SMILES string of the molecule is COC(=O)c1ccc([C@@H]2c3c(oc4ccc(Br)cc4c3=O)C(=O)N2c2nc(C)cs2)cc1. The number of aromatic nitrogens is 1. The van der Waals surface area contributed by atoms with Gasteiger partial charge in [0, 0.05) is 9.85 Å². The maximum atomic E-state index is 13.6. The van der Waals surface area contributed by atoms with E-state index in [4.69, 9.17) is 9.15 Å². The van der Waals surface area contributed by atoms with E-state index in [2.05, 4.69) is 20.9 Å². The number of halogens is 1. The standard InChI is InChI=1S/C23H15BrN2O5S/c1-11-10-32-23(25-11)26-18(12-3-5-13(6-4-12)22(29)30-2)17-19(27)15-9-14(24)7-8-16(15)31-20(17)21(26)28/h3-10,18H,1-2H3/t18-/m1/s1. The van der Waals surface area contributed by atoms with Gasteiger partial charge in [0.1, 0.15) is 5.58 Å². The minimum absolute atomic E-state index is 0.000259. The molecule has 0 fully saturated rings. The number of amides is 1. The third-order valence-electron chi connectivity index (χ3n) is 5.29. The molecule has 0 unspecified atom stereocenters. The first-order valence-electron chi connectivity index (χ1n) is 9.59. The number of carbonyl (C=O) groups is 2. The first-order chi connectivity index (χ1) is 15.4. The largest absolute Gasteiger partial charge is 0.465 e.